The van der Waals surface area contributed by atoms with Crippen molar-refractivity contribution in [2.75, 3.05) is 20.8 Å². The molecule has 0 radical (unpaired) electrons. The van der Waals surface area contributed by atoms with Gasteiger partial charge < -0.3 is 59.1 Å². The molecule has 7 N–H and O–H groups in total. The van der Waals surface area contributed by atoms with Gasteiger partial charge in [0, 0.05) is 11.6 Å². The lowest BCUT2D eigenvalue weighted by atomic mass is 9.99. The highest BCUT2D eigenvalue weighted by atomic mass is 16.7. The number of fused-ring (bicyclic) bond motifs is 1. The number of aromatic hydroxyl groups is 3. The Bertz CT molecular complexity index is 1330. The van der Waals surface area contributed by atoms with Crippen molar-refractivity contribution in [1.82, 2.24) is 0 Å². The van der Waals surface area contributed by atoms with Crippen LogP contribution in [0, 0.1) is 0 Å². The van der Waals surface area contributed by atoms with Crippen molar-refractivity contribution >= 4 is 11.0 Å². The summed E-state index contributed by atoms with van der Waals surface area (Å²) >= 11 is 0. The van der Waals surface area contributed by atoms with Gasteiger partial charge in [-0.2, -0.15) is 0 Å². The summed E-state index contributed by atoms with van der Waals surface area (Å²) in [7, 11) is 2.40. The number of methoxy groups -OCH3 is 2. The molecule has 2 heterocycles. The number of aliphatic hydroxyl groups excluding tert-OH is 4. The van der Waals surface area contributed by atoms with Crippen LogP contribution in [0.4, 0.5) is 0 Å². The van der Waals surface area contributed by atoms with Crippen LogP contribution in [0.2, 0.25) is 0 Å². The van der Waals surface area contributed by atoms with Gasteiger partial charge in [-0.15, -0.1) is 0 Å². The molecule has 13 heteroatoms. The molecule has 36 heavy (non-hydrogen) atoms. The minimum Gasteiger partial charge on any atom is -0.504 e. The van der Waals surface area contributed by atoms with E-state index in [-0.39, 0.29) is 39.5 Å². The van der Waals surface area contributed by atoms with E-state index >= 15 is 0 Å². The molecule has 1 aliphatic rings. The molecule has 194 valence electrons. The standard InChI is InChI=1S/C23H24O13/c1-32-20-11(27)6-12(34-23-18(31)17(30)15(28)13(7-24)35-23)14-16(29)22(33-2)19(36-21(14)20)8-3-4-9(25)10(26)5-8/h3-6,13,15,17-18,23-28,30-31H,7H2,1-2H3/t13-,15+,17-,18+,23-/m0/s1. The highest BCUT2D eigenvalue weighted by Gasteiger charge is 2.45. The Morgan fingerprint density at radius 3 is 2.19 bits per heavy atom. The first-order valence-corrected chi connectivity index (χ1v) is 10.6. The van der Waals surface area contributed by atoms with E-state index in [9.17, 15) is 40.5 Å². The number of hydrogen-bond donors (Lipinski definition) is 7. The lowest BCUT2D eigenvalue weighted by Gasteiger charge is -2.39. The highest BCUT2D eigenvalue weighted by Crippen LogP contribution is 2.44. The van der Waals surface area contributed by atoms with Gasteiger partial charge in [0.05, 0.1) is 20.8 Å². The third kappa shape index (κ3) is 4.12. The maximum atomic E-state index is 13.5. The maximum absolute atomic E-state index is 13.5. The van der Waals surface area contributed by atoms with Gasteiger partial charge in [-0.05, 0) is 18.2 Å². The van der Waals surface area contributed by atoms with E-state index in [1.807, 2.05) is 0 Å². The van der Waals surface area contributed by atoms with E-state index in [4.69, 9.17) is 23.4 Å². The molecule has 0 unspecified atom stereocenters. The molecule has 0 bridgehead atoms. The zero-order valence-corrected chi connectivity index (χ0v) is 19.0. The summed E-state index contributed by atoms with van der Waals surface area (Å²) in [6, 6.07) is 4.64. The van der Waals surface area contributed by atoms with Crippen molar-refractivity contribution in [2.24, 2.45) is 0 Å². The molecule has 1 saturated heterocycles. The lowest BCUT2D eigenvalue weighted by molar-refractivity contribution is -0.277. The smallest absolute Gasteiger partial charge is 0.239 e. The Hall–Kier alpha value is -3.75. The maximum Gasteiger partial charge on any atom is 0.239 e. The van der Waals surface area contributed by atoms with Gasteiger partial charge in [-0.1, -0.05) is 0 Å². The van der Waals surface area contributed by atoms with E-state index in [1.165, 1.54) is 26.4 Å². The van der Waals surface area contributed by atoms with E-state index in [2.05, 4.69) is 0 Å². The first-order valence-electron chi connectivity index (χ1n) is 10.6. The van der Waals surface area contributed by atoms with Crippen molar-refractivity contribution < 1.29 is 59.1 Å². The van der Waals surface area contributed by atoms with E-state index in [0.29, 0.717) is 0 Å². The second-order valence-electron chi connectivity index (χ2n) is 7.94. The molecule has 1 aromatic heterocycles. The zero-order chi connectivity index (χ0) is 26.3. The Morgan fingerprint density at radius 2 is 1.58 bits per heavy atom. The molecule has 0 spiro atoms. The second kappa shape index (κ2) is 9.72. The monoisotopic (exact) mass is 508 g/mol. The Balaban J connectivity index is 1.92. The van der Waals surface area contributed by atoms with E-state index in [1.54, 1.807) is 0 Å². The number of rotatable bonds is 6. The highest BCUT2D eigenvalue weighted by molar-refractivity contribution is 5.93. The Kier molecular flexibility index (Phi) is 6.84. The average molecular weight is 508 g/mol. The van der Waals surface area contributed by atoms with Gasteiger partial charge in [0.1, 0.15) is 35.6 Å². The minimum absolute atomic E-state index is 0.142. The number of phenolic OH excluding ortho intramolecular Hbond substituents is 3. The second-order valence-corrected chi connectivity index (χ2v) is 7.94. The van der Waals surface area contributed by atoms with Crippen LogP contribution in [0.5, 0.6) is 34.5 Å². The molecule has 0 aliphatic carbocycles. The van der Waals surface area contributed by atoms with E-state index < -0.39 is 60.0 Å². The largest absolute Gasteiger partial charge is 0.504 e. The topological polar surface area (TPSA) is 209 Å². The van der Waals surface area contributed by atoms with E-state index in [0.717, 1.165) is 12.1 Å². The summed E-state index contributed by atoms with van der Waals surface area (Å²) in [5.74, 6) is -2.56. The molecule has 4 rings (SSSR count). The SMILES string of the molecule is COc1c(-c2ccc(O)c(O)c2)oc2c(OC)c(O)cc(O[C@H]3O[C@@H](CO)[C@@H](O)[C@H](O)[C@H]3O)c2c1=O. The summed E-state index contributed by atoms with van der Waals surface area (Å²) in [6.07, 6.45) is -8.14. The number of aliphatic hydroxyl groups is 4. The van der Waals surface area contributed by atoms with Crippen LogP contribution < -0.4 is 19.6 Å². The Labute approximate surface area is 202 Å². The summed E-state index contributed by atoms with van der Waals surface area (Å²) in [5, 5.41) is 69.6. The van der Waals surface area contributed by atoms with Crippen LogP contribution in [0.25, 0.3) is 22.3 Å². The molecule has 1 aliphatic heterocycles. The quantitative estimate of drug-likeness (QED) is 0.215. The van der Waals surface area contributed by atoms with Crippen LogP contribution in [0.3, 0.4) is 0 Å². The number of ether oxygens (including phenoxy) is 4. The molecular weight excluding hydrogens is 484 g/mol. The molecular formula is C23H24O13. The fraction of sp³-hybridized carbons (Fsp3) is 0.348. The molecule has 2 aromatic carbocycles. The van der Waals surface area contributed by atoms with Crippen molar-refractivity contribution in [3.8, 4) is 45.8 Å². The number of phenols is 3. The molecule has 13 nitrogen and oxygen atoms in total. The summed E-state index contributed by atoms with van der Waals surface area (Å²) in [5.41, 5.74) is -0.965. The molecule has 1 fully saturated rings. The predicted molar refractivity (Wildman–Crippen MR) is 120 cm³/mol. The fourth-order valence-electron chi connectivity index (χ4n) is 3.90. The third-order valence-corrected chi connectivity index (χ3v) is 5.76. The zero-order valence-electron chi connectivity index (χ0n) is 19.0. The average Bonchev–Trinajstić information content (AvgIpc) is 2.85. The number of benzene rings is 2. The predicted octanol–water partition coefficient (Wildman–Crippen LogP) is -0.227. The van der Waals surface area contributed by atoms with Crippen LogP contribution in [0.1, 0.15) is 0 Å². The van der Waals surface area contributed by atoms with Gasteiger partial charge >= 0.3 is 0 Å². The van der Waals surface area contributed by atoms with Crippen LogP contribution in [-0.2, 0) is 4.74 Å². The van der Waals surface area contributed by atoms with Gasteiger partial charge in [-0.3, -0.25) is 4.79 Å². The first-order chi connectivity index (χ1) is 17.1. The van der Waals surface area contributed by atoms with Crippen LogP contribution >= 0.6 is 0 Å². The van der Waals surface area contributed by atoms with Crippen molar-refractivity contribution in [1.29, 1.82) is 0 Å². The molecule has 0 saturated carbocycles. The third-order valence-electron chi connectivity index (χ3n) is 5.76. The Morgan fingerprint density at radius 1 is 0.889 bits per heavy atom. The summed E-state index contributed by atoms with van der Waals surface area (Å²) < 4.78 is 27.3. The number of hydrogen-bond acceptors (Lipinski definition) is 13. The molecule has 3 aromatic rings. The first kappa shape index (κ1) is 25.3. The van der Waals surface area contributed by atoms with Crippen LogP contribution in [-0.4, -0.2) is 87.3 Å². The minimum atomic E-state index is -1.80. The van der Waals surface area contributed by atoms with Crippen molar-refractivity contribution in [3.63, 3.8) is 0 Å². The van der Waals surface area contributed by atoms with Crippen LogP contribution in [0.15, 0.2) is 33.5 Å². The van der Waals surface area contributed by atoms with Gasteiger partial charge in [0.2, 0.25) is 23.2 Å². The fourth-order valence-corrected chi connectivity index (χ4v) is 3.90. The molecule has 5 atom stereocenters. The van der Waals surface area contributed by atoms with Crippen molar-refractivity contribution in [2.45, 2.75) is 30.7 Å². The van der Waals surface area contributed by atoms with Crippen molar-refractivity contribution in [3.05, 3.63) is 34.5 Å². The van der Waals surface area contributed by atoms with Gasteiger partial charge in [-0.25, -0.2) is 0 Å². The summed E-state index contributed by atoms with van der Waals surface area (Å²) in [4.78, 5) is 13.5. The summed E-state index contributed by atoms with van der Waals surface area (Å²) in [6.45, 7) is -0.710. The van der Waals surface area contributed by atoms with Gasteiger partial charge in [0.15, 0.2) is 28.6 Å². The lowest BCUT2D eigenvalue weighted by Crippen LogP contribution is -2.60. The normalized spacial score (nSPS) is 24.0. The van der Waals surface area contributed by atoms with Gasteiger partial charge in [0.25, 0.3) is 0 Å². The molecule has 0 amide bonds.